The second kappa shape index (κ2) is 7.24. The Labute approximate surface area is 183 Å². The molecule has 0 N–H and O–H groups in total. The molecule has 0 saturated heterocycles. The van der Waals surface area contributed by atoms with Crippen LogP contribution in [0.3, 0.4) is 0 Å². The van der Waals surface area contributed by atoms with Crippen LogP contribution in [0.2, 0.25) is 0 Å². The van der Waals surface area contributed by atoms with E-state index >= 15 is 0 Å². The number of carbonyl (C=O) groups excluding carboxylic acids is 1. The SMILES string of the molecule is COc1ccc2c(=O)c3c(oc2c1)C(=O)N(c1nnc(C)s1)[C@H]3c1cccc([N+](=O)[O-])c1. The largest absolute Gasteiger partial charge is 0.497 e. The van der Waals surface area contributed by atoms with Crippen molar-refractivity contribution in [3.63, 3.8) is 0 Å². The van der Waals surface area contributed by atoms with Crippen molar-refractivity contribution < 1.29 is 18.9 Å². The van der Waals surface area contributed by atoms with Crippen LogP contribution in [0, 0.1) is 17.0 Å². The van der Waals surface area contributed by atoms with Crippen LogP contribution < -0.4 is 15.1 Å². The molecule has 0 unspecified atom stereocenters. The van der Waals surface area contributed by atoms with E-state index in [2.05, 4.69) is 10.2 Å². The van der Waals surface area contributed by atoms with Crippen LogP contribution >= 0.6 is 11.3 Å². The van der Waals surface area contributed by atoms with E-state index in [4.69, 9.17) is 9.15 Å². The highest BCUT2D eigenvalue weighted by Gasteiger charge is 2.45. The number of fused-ring (bicyclic) bond motifs is 2. The number of nitrogens with zero attached hydrogens (tertiary/aromatic N) is 4. The van der Waals surface area contributed by atoms with Gasteiger partial charge in [-0.25, -0.2) is 0 Å². The first-order valence-corrected chi connectivity index (χ1v) is 10.2. The number of nitro benzene ring substituents is 1. The maximum absolute atomic E-state index is 13.5. The van der Waals surface area contributed by atoms with E-state index in [0.717, 1.165) is 0 Å². The Bertz CT molecular complexity index is 1480. The van der Waals surface area contributed by atoms with E-state index in [-0.39, 0.29) is 33.1 Å². The van der Waals surface area contributed by atoms with Gasteiger partial charge in [0.2, 0.25) is 10.9 Å². The Hall–Kier alpha value is -4.12. The van der Waals surface area contributed by atoms with Crippen LogP contribution in [-0.2, 0) is 0 Å². The van der Waals surface area contributed by atoms with Gasteiger partial charge in [-0.1, -0.05) is 23.5 Å². The van der Waals surface area contributed by atoms with Gasteiger partial charge < -0.3 is 9.15 Å². The molecule has 2 aromatic heterocycles. The molecule has 2 aromatic carbocycles. The number of carbonyl (C=O) groups is 1. The molecule has 4 aromatic rings. The zero-order chi connectivity index (χ0) is 22.6. The average Bonchev–Trinajstić information content (AvgIpc) is 3.34. The summed E-state index contributed by atoms with van der Waals surface area (Å²) < 4.78 is 11.1. The summed E-state index contributed by atoms with van der Waals surface area (Å²) in [7, 11) is 1.48. The van der Waals surface area contributed by atoms with Crippen molar-refractivity contribution in [3.05, 3.63) is 84.7 Å². The van der Waals surface area contributed by atoms with Gasteiger partial charge in [-0.2, -0.15) is 0 Å². The topological polar surface area (TPSA) is 129 Å². The predicted molar refractivity (Wildman–Crippen MR) is 115 cm³/mol. The molecule has 1 atom stereocenters. The number of benzene rings is 2. The van der Waals surface area contributed by atoms with Gasteiger partial charge in [0, 0.05) is 18.2 Å². The lowest BCUT2D eigenvalue weighted by Crippen LogP contribution is -2.29. The molecule has 0 aliphatic carbocycles. The molecule has 5 rings (SSSR count). The molecule has 11 heteroatoms. The van der Waals surface area contributed by atoms with Crippen molar-refractivity contribution in [1.29, 1.82) is 0 Å². The van der Waals surface area contributed by atoms with Gasteiger partial charge >= 0.3 is 0 Å². The summed E-state index contributed by atoms with van der Waals surface area (Å²) in [6, 6.07) is 9.58. The Morgan fingerprint density at radius 2 is 2.00 bits per heavy atom. The third-order valence-corrected chi connectivity index (χ3v) is 6.04. The number of nitro groups is 1. The summed E-state index contributed by atoms with van der Waals surface area (Å²) in [5.41, 5.74) is 0.124. The minimum Gasteiger partial charge on any atom is -0.497 e. The van der Waals surface area contributed by atoms with E-state index in [1.807, 2.05) is 0 Å². The van der Waals surface area contributed by atoms with Crippen LogP contribution in [-0.4, -0.2) is 28.1 Å². The van der Waals surface area contributed by atoms with Crippen LogP contribution in [0.5, 0.6) is 5.75 Å². The summed E-state index contributed by atoms with van der Waals surface area (Å²) >= 11 is 1.17. The smallest absolute Gasteiger partial charge is 0.297 e. The van der Waals surface area contributed by atoms with Crippen molar-refractivity contribution in [3.8, 4) is 5.75 Å². The molecule has 0 bridgehead atoms. The van der Waals surface area contributed by atoms with Crippen molar-refractivity contribution >= 4 is 39.0 Å². The van der Waals surface area contributed by atoms with Gasteiger partial charge in [0.25, 0.3) is 11.6 Å². The Kier molecular flexibility index (Phi) is 4.48. The van der Waals surface area contributed by atoms with Gasteiger partial charge in [0.1, 0.15) is 16.3 Å². The van der Waals surface area contributed by atoms with E-state index in [1.165, 1.54) is 47.6 Å². The fourth-order valence-corrected chi connectivity index (χ4v) is 4.50. The van der Waals surface area contributed by atoms with Crippen molar-refractivity contribution in [1.82, 2.24) is 10.2 Å². The number of anilines is 1. The van der Waals surface area contributed by atoms with Gasteiger partial charge in [0.15, 0.2) is 5.43 Å². The van der Waals surface area contributed by atoms with E-state index in [0.29, 0.717) is 16.3 Å². The maximum Gasteiger partial charge on any atom is 0.297 e. The standard InChI is InChI=1S/C21H14N4O6S/c1-10-22-23-21(32-10)24-17(11-4-3-5-12(8-11)25(28)29)16-18(26)14-7-6-13(30-2)9-15(14)31-19(16)20(24)27/h3-9,17H,1-2H3/t17-/m0/s1. The molecule has 1 aliphatic heterocycles. The highest BCUT2D eigenvalue weighted by Crippen LogP contribution is 2.42. The number of methoxy groups -OCH3 is 1. The summed E-state index contributed by atoms with van der Waals surface area (Å²) in [6.07, 6.45) is 0. The summed E-state index contributed by atoms with van der Waals surface area (Å²) in [5.74, 6) is -0.243. The Morgan fingerprint density at radius 3 is 2.69 bits per heavy atom. The molecule has 0 fully saturated rings. The molecule has 1 amide bonds. The number of hydrogen-bond acceptors (Lipinski definition) is 9. The summed E-state index contributed by atoms with van der Waals surface area (Å²) in [5, 5.41) is 20.5. The molecule has 10 nitrogen and oxygen atoms in total. The number of rotatable bonds is 4. The third kappa shape index (κ3) is 2.94. The first-order chi connectivity index (χ1) is 15.4. The van der Waals surface area contributed by atoms with Gasteiger partial charge in [0.05, 0.1) is 29.0 Å². The molecule has 0 saturated carbocycles. The summed E-state index contributed by atoms with van der Waals surface area (Å²) in [4.78, 5) is 39.0. The van der Waals surface area contributed by atoms with Crippen molar-refractivity contribution in [2.45, 2.75) is 13.0 Å². The number of amides is 1. The highest BCUT2D eigenvalue weighted by molar-refractivity contribution is 7.15. The summed E-state index contributed by atoms with van der Waals surface area (Å²) in [6.45, 7) is 1.74. The molecular weight excluding hydrogens is 436 g/mol. The average molecular weight is 450 g/mol. The molecule has 32 heavy (non-hydrogen) atoms. The normalized spacial score (nSPS) is 15.2. The van der Waals surface area contributed by atoms with E-state index < -0.39 is 22.3 Å². The van der Waals surface area contributed by atoms with Crippen LogP contribution in [0.15, 0.2) is 51.7 Å². The molecule has 0 radical (unpaired) electrons. The predicted octanol–water partition coefficient (Wildman–Crippen LogP) is 3.62. The number of aromatic nitrogens is 2. The molecule has 3 heterocycles. The highest BCUT2D eigenvalue weighted by atomic mass is 32.1. The molecule has 0 spiro atoms. The van der Waals surface area contributed by atoms with Crippen molar-refractivity contribution in [2.24, 2.45) is 0 Å². The number of non-ortho nitro benzene ring substituents is 1. The second-order valence-corrected chi connectivity index (χ2v) is 8.23. The van der Waals surface area contributed by atoms with E-state index in [9.17, 15) is 19.7 Å². The van der Waals surface area contributed by atoms with Gasteiger partial charge in [-0.3, -0.25) is 24.6 Å². The Balaban J connectivity index is 1.81. The fourth-order valence-electron chi connectivity index (χ4n) is 3.78. The van der Waals surface area contributed by atoms with E-state index in [1.54, 1.807) is 25.1 Å². The number of aryl methyl sites for hydroxylation is 1. The fraction of sp³-hybridized carbons (Fsp3) is 0.143. The minimum absolute atomic E-state index is 0.0982. The number of ether oxygens (including phenoxy) is 1. The Morgan fingerprint density at radius 1 is 1.19 bits per heavy atom. The monoisotopic (exact) mass is 450 g/mol. The molecule has 160 valence electrons. The van der Waals surface area contributed by atoms with Crippen LogP contribution in [0.1, 0.15) is 32.7 Å². The quantitative estimate of drug-likeness (QED) is 0.341. The lowest BCUT2D eigenvalue weighted by molar-refractivity contribution is -0.384. The van der Waals surface area contributed by atoms with Gasteiger partial charge in [-0.15, -0.1) is 10.2 Å². The minimum atomic E-state index is -0.951. The van der Waals surface area contributed by atoms with Crippen LogP contribution in [0.4, 0.5) is 10.8 Å². The maximum atomic E-state index is 13.5. The lowest BCUT2D eigenvalue weighted by Gasteiger charge is -2.21. The zero-order valence-electron chi connectivity index (χ0n) is 16.8. The first-order valence-electron chi connectivity index (χ1n) is 9.42. The molecular formula is C21H14N4O6S. The zero-order valence-corrected chi connectivity index (χ0v) is 17.6. The first kappa shape index (κ1) is 19.8. The van der Waals surface area contributed by atoms with Crippen molar-refractivity contribution in [2.75, 3.05) is 12.0 Å². The third-order valence-electron chi connectivity index (χ3n) is 5.20. The molecule has 1 aliphatic rings. The number of hydrogen-bond donors (Lipinski definition) is 0. The lowest BCUT2D eigenvalue weighted by atomic mass is 9.98. The second-order valence-electron chi connectivity index (χ2n) is 7.07. The van der Waals surface area contributed by atoms with Crippen LogP contribution in [0.25, 0.3) is 11.0 Å². The van der Waals surface area contributed by atoms with Gasteiger partial charge in [-0.05, 0) is 24.6 Å².